The summed E-state index contributed by atoms with van der Waals surface area (Å²) in [6, 6.07) is 0. The fraction of sp³-hybridized carbons (Fsp3) is 0.667. The summed E-state index contributed by atoms with van der Waals surface area (Å²) in [6.45, 7) is 4.43. The van der Waals surface area contributed by atoms with Crippen molar-refractivity contribution in [3.63, 3.8) is 0 Å². The van der Waals surface area contributed by atoms with Crippen molar-refractivity contribution in [1.29, 1.82) is 0 Å². The average Bonchev–Trinajstić information content (AvgIpc) is 2.31. The molecule has 2 N–H and O–H groups in total. The first-order valence-electron chi connectivity index (χ1n) is 6.30. The molecule has 19 heavy (non-hydrogen) atoms. The van der Waals surface area contributed by atoms with E-state index in [-0.39, 0.29) is 23.5 Å². The molecule has 0 aromatic carbocycles. The highest BCUT2D eigenvalue weighted by molar-refractivity contribution is 5.57. The first kappa shape index (κ1) is 13.5. The molecule has 7 heteroatoms. The summed E-state index contributed by atoms with van der Waals surface area (Å²) in [5, 5.41) is 11.0. The number of hydrogen-bond donors (Lipinski definition) is 1. The van der Waals surface area contributed by atoms with Crippen LogP contribution in [0.5, 0.6) is 5.88 Å². The summed E-state index contributed by atoms with van der Waals surface area (Å²) >= 11 is 0. The fourth-order valence-electron chi connectivity index (χ4n) is 2.28. The molecule has 1 aromatic rings. The van der Waals surface area contributed by atoms with E-state index in [9.17, 15) is 10.1 Å². The standard InChI is InChI=1S/C12H18N4O3/c1-12(2)5-3-8(4-6-12)19-11-9(16(17)18)10(13)14-7-15-11/h7-8H,3-6H2,1-2H3,(H2,13,14,15). The van der Waals surface area contributed by atoms with Crippen molar-refractivity contribution in [2.24, 2.45) is 5.41 Å². The van der Waals surface area contributed by atoms with Gasteiger partial charge in [-0.15, -0.1) is 0 Å². The highest BCUT2D eigenvalue weighted by Gasteiger charge is 2.30. The predicted octanol–water partition coefficient (Wildman–Crippen LogP) is 2.31. The van der Waals surface area contributed by atoms with Gasteiger partial charge in [-0.2, -0.15) is 4.98 Å². The highest BCUT2D eigenvalue weighted by atomic mass is 16.6. The van der Waals surface area contributed by atoms with E-state index < -0.39 is 4.92 Å². The lowest BCUT2D eigenvalue weighted by atomic mass is 9.76. The molecule has 0 bridgehead atoms. The largest absolute Gasteiger partial charge is 0.469 e. The van der Waals surface area contributed by atoms with Gasteiger partial charge in [-0.05, 0) is 31.1 Å². The minimum atomic E-state index is -0.600. The third-order valence-corrected chi connectivity index (χ3v) is 3.56. The van der Waals surface area contributed by atoms with Gasteiger partial charge in [0.1, 0.15) is 12.4 Å². The van der Waals surface area contributed by atoms with Crippen molar-refractivity contribution in [3.8, 4) is 5.88 Å². The molecule has 0 spiro atoms. The van der Waals surface area contributed by atoms with E-state index in [1.54, 1.807) is 0 Å². The lowest BCUT2D eigenvalue weighted by molar-refractivity contribution is -0.385. The lowest BCUT2D eigenvalue weighted by Gasteiger charge is -2.33. The van der Waals surface area contributed by atoms with Gasteiger partial charge in [0, 0.05) is 0 Å². The number of nitrogens with zero attached hydrogens (tertiary/aromatic N) is 3. The molecule has 1 aliphatic carbocycles. The molecule has 1 aliphatic rings. The molecule has 1 fully saturated rings. The van der Waals surface area contributed by atoms with Crippen LogP contribution in [0.2, 0.25) is 0 Å². The van der Waals surface area contributed by atoms with Crippen molar-refractivity contribution >= 4 is 11.5 Å². The first-order valence-corrected chi connectivity index (χ1v) is 6.30. The van der Waals surface area contributed by atoms with Crippen LogP contribution in [0, 0.1) is 15.5 Å². The van der Waals surface area contributed by atoms with Crippen LogP contribution in [0.1, 0.15) is 39.5 Å². The number of aromatic nitrogens is 2. The zero-order chi connectivity index (χ0) is 14.0. The molecule has 0 amide bonds. The Morgan fingerprint density at radius 3 is 2.63 bits per heavy atom. The molecular formula is C12H18N4O3. The van der Waals surface area contributed by atoms with Gasteiger partial charge in [-0.25, -0.2) is 4.98 Å². The Morgan fingerprint density at radius 2 is 2.05 bits per heavy atom. The lowest BCUT2D eigenvalue weighted by Crippen LogP contribution is -2.28. The number of rotatable bonds is 3. The summed E-state index contributed by atoms with van der Waals surface area (Å²) < 4.78 is 5.65. The summed E-state index contributed by atoms with van der Waals surface area (Å²) in [7, 11) is 0. The van der Waals surface area contributed by atoms with E-state index in [0.29, 0.717) is 5.41 Å². The topological polar surface area (TPSA) is 104 Å². The van der Waals surface area contributed by atoms with Crippen molar-refractivity contribution < 1.29 is 9.66 Å². The quantitative estimate of drug-likeness (QED) is 0.665. The number of nitro groups is 1. The molecule has 104 valence electrons. The summed E-state index contributed by atoms with van der Waals surface area (Å²) in [5.74, 6) is -0.187. The maximum absolute atomic E-state index is 11.0. The number of anilines is 1. The Bertz CT molecular complexity index is 480. The van der Waals surface area contributed by atoms with Crippen LogP contribution in [-0.4, -0.2) is 21.0 Å². The zero-order valence-electron chi connectivity index (χ0n) is 11.1. The SMILES string of the molecule is CC1(C)CCC(Oc2ncnc(N)c2[N+](=O)[O-])CC1. The Morgan fingerprint density at radius 1 is 1.42 bits per heavy atom. The summed E-state index contributed by atoms with van der Waals surface area (Å²) in [6.07, 6.45) is 4.95. The Kier molecular flexibility index (Phi) is 3.55. The van der Waals surface area contributed by atoms with Crippen molar-refractivity contribution in [2.75, 3.05) is 5.73 Å². The van der Waals surface area contributed by atoms with E-state index >= 15 is 0 Å². The Balaban J connectivity index is 2.12. The highest BCUT2D eigenvalue weighted by Crippen LogP contribution is 2.38. The second-order valence-electron chi connectivity index (χ2n) is 5.65. The predicted molar refractivity (Wildman–Crippen MR) is 69.8 cm³/mol. The second-order valence-corrected chi connectivity index (χ2v) is 5.65. The van der Waals surface area contributed by atoms with Crippen LogP contribution >= 0.6 is 0 Å². The molecule has 1 saturated carbocycles. The third kappa shape index (κ3) is 3.10. The van der Waals surface area contributed by atoms with E-state index in [4.69, 9.17) is 10.5 Å². The maximum Gasteiger partial charge on any atom is 0.372 e. The van der Waals surface area contributed by atoms with Gasteiger partial charge < -0.3 is 10.5 Å². The monoisotopic (exact) mass is 266 g/mol. The second kappa shape index (κ2) is 4.99. The fourth-order valence-corrected chi connectivity index (χ4v) is 2.28. The van der Waals surface area contributed by atoms with Gasteiger partial charge in [0.05, 0.1) is 4.92 Å². The van der Waals surface area contributed by atoms with Gasteiger partial charge in [0.2, 0.25) is 5.82 Å². The molecule has 7 nitrogen and oxygen atoms in total. The number of nitrogens with two attached hydrogens (primary N) is 1. The van der Waals surface area contributed by atoms with E-state index in [1.807, 2.05) is 0 Å². The maximum atomic E-state index is 11.0. The number of hydrogen-bond acceptors (Lipinski definition) is 6. The minimum absolute atomic E-state index is 0.0257. The van der Waals surface area contributed by atoms with Crippen molar-refractivity contribution in [3.05, 3.63) is 16.4 Å². The molecule has 0 saturated heterocycles. The normalized spacial score (nSPS) is 19.1. The first-order chi connectivity index (χ1) is 8.89. The van der Waals surface area contributed by atoms with Crippen molar-refractivity contribution in [2.45, 2.75) is 45.6 Å². The summed E-state index contributed by atoms with van der Waals surface area (Å²) in [5.41, 5.74) is 5.47. The van der Waals surface area contributed by atoms with Crippen LogP contribution in [0.25, 0.3) is 0 Å². The van der Waals surface area contributed by atoms with Crippen LogP contribution in [0.15, 0.2) is 6.33 Å². The van der Waals surface area contributed by atoms with Gasteiger partial charge in [-0.1, -0.05) is 13.8 Å². The molecule has 0 aliphatic heterocycles. The molecule has 1 aromatic heterocycles. The molecule has 1 heterocycles. The van der Waals surface area contributed by atoms with Crippen LogP contribution in [0.4, 0.5) is 11.5 Å². The van der Waals surface area contributed by atoms with Gasteiger partial charge in [0.15, 0.2) is 0 Å². The van der Waals surface area contributed by atoms with E-state index in [2.05, 4.69) is 23.8 Å². The van der Waals surface area contributed by atoms with Gasteiger partial charge in [-0.3, -0.25) is 10.1 Å². The Hall–Kier alpha value is -1.92. The van der Waals surface area contributed by atoms with Gasteiger partial charge in [0.25, 0.3) is 5.88 Å². The minimum Gasteiger partial charge on any atom is -0.469 e. The molecular weight excluding hydrogens is 248 g/mol. The zero-order valence-corrected chi connectivity index (χ0v) is 11.1. The molecule has 2 rings (SSSR count). The van der Waals surface area contributed by atoms with Crippen LogP contribution in [-0.2, 0) is 0 Å². The smallest absolute Gasteiger partial charge is 0.372 e. The molecule has 0 atom stereocenters. The van der Waals surface area contributed by atoms with Crippen molar-refractivity contribution in [1.82, 2.24) is 9.97 Å². The average molecular weight is 266 g/mol. The van der Waals surface area contributed by atoms with E-state index in [1.165, 1.54) is 6.33 Å². The molecule has 0 radical (unpaired) electrons. The Labute approximate surface area is 111 Å². The summed E-state index contributed by atoms with van der Waals surface area (Å²) in [4.78, 5) is 17.8. The number of nitrogen functional groups attached to an aromatic ring is 1. The van der Waals surface area contributed by atoms with Gasteiger partial charge >= 0.3 is 5.69 Å². The third-order valence-electron chi connectivity index (χ3n) is 3.56. The van der Waals surface area contributed by atoms with E-state index in [0.717, 1.165) is 25.7 Å². The molecule has 0 unspecified atom stereocenters. The van der Waals surface area contributed by atoms with Crippen LogP contribution in [0.3, 0.4) is 0 Å². The van der Waals surface area contributed by atoms with Crippen LogP contribution < -0.4 is 10.5 Å². The number of ether oxygens (including phenoxy) is 1.